The van der Waals surface area contributed by atoms with E-state index in [4.69, 9.17) is 16.3 Å². The van der Waals surface area contributed by atoms with Crippen LogP contribution in [0.2, 0.25) is 5.02 Å². The van der Waals surface area contributed by atoms with Crippen LogP contribution >= 0.6 is 11.6 Å². The zero-order valence-electron chi connectivity index (χ0n) is 21.6. The first-order chi connectivity index (χ1) is 17.8. The number of ether oxygens (including phenoxy) is 1. The Morgan fingerprint density at radius 3 is 2.68 bits per heavy atom. The summed E-state index contributed by atoms with van der Waals surface area (Å²) < 4.78 is 7.93. The average Bonchev–Trinajstić information content (AvgIpc) is 3.32. The number of hydrogen-bond donors (Lipinski definition) is 0. The largest absolute Gasteiger partial charge is 0.493 e. The van der Waals surface area contributed by atoms with Crippen molar-refractivity contribution in [1.29, 1.82) is 0 Å². The molecule has 3 aromatic rings. The van der Waals surface area contributed by atoms with Gasteiger partial charge in [-0.2, -0.15) is 5.10 Å². The van der Waals surface area contributed by atoms with E-state index in [0.717, 1.165) is 24.0 Å². The van der Waals surface area contributed by atoms with Crippen molar-refractivity contribution in [1.82, 2.24) is 19.6 Å². The summed E-state index contributed by atoms with van der Waals surface area (Å²) in [7, 11) is 3.70. The number of rotatable bonds is 10. The van der Waals surface area contributed by atoms with Crippen LogP contribution in [0.3, 0.4) is 0 Å². The van der Waals surface area contributed by atoms with Gasteiger partial charge in [0.25, 0.3) is 0 Å². The van der Waals surface area contributed by atoms with Gasteiger partial charge in [-0.3, -0.25) is 14.3 Å². The minimum atomic E-state index is -0.480. The van der Waals surface area contributed by atoms with E-state index in [1.165, 1.54) is 0 Å². The lowest BCUT2D eigenvalue weighted by atomic mass is 9.77. The van der Waals surface area contributed by atoms with Crippen LogP contribution < -0.4 is 4.74 Å². The molecule has 37 heavy (non-hydrogen) atoms. The monoisotopic (exact) mass is 522 g/mol. The van der Waals surface area contributed by atoms with Crippen molar-refractivity contribution in [3.63, 3.8) is 0 Å². The number of halogens is 1. The topological polar surface area (TPSA) is 67.7 Å². The molecule has 7 nitrogen and oxygen atoms in total. The summed E-state index contributed by atoms with van der Waals surface area (Å²) in [6.07, 6.45) is 6.75. The molecule has 0 saturated carbocycles. The van der Waals surface area contributed by atoms with Crippen LogP contribution in [0, 0.1) is 5.41 Å². The Labute approximate surface area is 224 Å². The van der Waals surface area contributed by atoms with E-state index in [-0.39, 0.29) is 11.8 Å². The molecule has 4 rings (SSSR count). The van der Waals surface area contributed by atoms with Gasteiger partial charge in [-0.15, -0.1) is 0 Å². The number of aromatic nitrogens is 2. The van der Waals surface area contributed by atoms with E-state index in [1.54, 1.807) is 27.9 Å². The van der Waals surface area contributed by atoms with Crippen molar-refractivity contribution in [2.45, 2.75) is 38.6 Å². The van der Waals surface area contributed by atoms with Crippen LogP contribution in [0.1, 0.15) is 36.8 Å². The highest BCUT2D eigenvalue weighted by Gasteiger charge is 2.40. The minimum absolute atomic E-state index is 0.0446. The van der Waals surface area contributed by atoms with Gasteiger partial charge in [0.15, 0.2) is 0 Å². The van der Waals surface area contributed by atoms with E-state index in [0.29, 0.717) is 56.3 Å². The summed E-state index contributed by atoms with van der Waals surface area (Å²) in [5.41, 5.74) is 1.64. The van der Waals surface area contributed by atoms with Gasteiger partial charge in [-0.25, -0.2) is 0 Å². The molecule has 1 aliphatic rings. The number of carbonyl (C=O) groups excluding carboxylic acids is 2. The summed E-state index contributed by atoms with van der Waals surface area (Å²) in [6, 6.07) is 17.2. The summed E-state index contributed by atoms with van der Waals surface area (Å²) in [5.74, 6) is 0.806. The molecule has 0 N–H and O–H groups in total. The van der Waals surface area contributed by atoms with Crippen LogP contribution in [0.5, 0.6) is 5.75 Å². The van der Waals surface area contributed by atoms with Crippen LogP contribution in [-0.4, -0.2) is 58.1 Å². The Bertz CT molecular complexity index is 1200. The number of aryl methyl sites for hydroxylation is 2. The first-order valence-corrected chi connectivity index (χ1v) is 13.1. The maximum Gasteiger partial charge on any atom is 0.223 e. The number of benzene rings is 2. The molecule has 1 aliphatic heterocycles. The molecule has 0 bridgehead atoms. The zero-order valence-corrected chi connectivity index (χ0v) is 22.4. The smallest absolute Gasteiger partial charge is 0.223 e. The molecule has 8 heteroatoms. The second-order valence-corrected chi connectivity index (χ2v) is 10.5. The fourth-order valence-electron chi connectivity index (χ4n) is 4.94. The molecule has 1 unspecified atom stereocenters. The maximum absolute atomic E-state index is 13.4. The maximum atomic E-state index is 13.4. The predicted octanol–water partition coefficient (Wildman–Crippen LogP) is 4.74. The fraction of sp³-hybridized carbons (Fsp3) is 0.414. The molecule has 2 amide bonds. The van der Waals surface area contributed by atoms with E-state index in [2.05, 4.69) is 5.10 Å². The first kappa shape index (κ1) is 26.7. The Balaban J connectivity index is 1.46. The van der Waals surface area contributed by atoms with E-state index < -0.39 is 5.41 Å². The molecule has 1 fully saturated rings. The third-order valence-electron chi connectivity index (χ3n) is 6.96. The molecule has 196 valence electrons. The first-order valence-electron chi connectivity index (χ1n) is 12.7. The van der Waals surface area contributed by atoms with Crippen molar-refractivity contribution in [2.24, 2.45) is 12.5 Å². The molecule has 0 radical (unpaired) electrons. The van der Waals surface area contributed by atoms with Crippen LogP contribution in [0.4, 0.5) is 0 Å². The highest BCUT2D eigenvalue weighted by atomic mass is 35.5. The molecular formula is C29H35ClN4O3. The normalized spacial score (nSPS) is 17.4. The SMILES string of the molecule is CN(Cc1ccccc1)C(=O)CC1(COc2cccc(Cl)c2)CCCN(C(=O)CCc2cnn(C)c2)C1. The third kappa shape index (κ3) is 7.59. The van der Waals surface area contributed by atoms with Gasteiger partial charge in [0, 0.05) is 63.2 Å². The molecule has 2 heterocycles. The van der Waals surface area contributed by atoms with E-state index in [1.807, 2.05) is 67.7 Å². The second kappa shape index (κ2) is 12.3. The van der Waals surface area contributed by atoms with E-state index >= 15 is 0 Å². The Morgan fingerprint density at radius 2 is 1.95 bits per heavy atom. The van der Waals surface area contributed by atoms with Crippen LogP contribution in [-0.2, 0) is 29.6 Å². The molecule has 1 saturated heterocycles. The fourth-order valence-corrected chi connectivity index (χ4v) is 5.12. The lowest BCUT2D eigenvalue weighted by Gasteiger charge is -2.43. The highest BCUT2D eigenvalue weighted by Crippen LogP contribution is 2.36. The number of piperidine rings is 1. The van der Waals surface area contributed by atoms with Crippen molar-refractivity contribution in [2.75, 3.05) is 26.7 Å². The number of likely N-dealkylation sites (tertiary alicyclic amines) is 1. The molecule has 0 spiro atoms. The van der Waals surface area contributed by atoms with Gasteiger partial charge in [-0.05, 0) is 48.6 Å². The number of carbonyl (C=O) groups is 2. The third-order valence-corrected chi connectivity index (χ3v) is 7.19. The molecule has 1 atom stereocenters. The average molecular weight is 523 g/mol. The number of amides is 2. The van der Waals surface area contributed by atoms with Gasteiger partial charge in [0.1, 0.15) is 5.75 Å². The van der Waals surface area contributed by atoms with E-state index in [9.17, 15) is 9.59 Å². The van der Waals surface area contributed by atoms with Crippen molar-refractivity contribution < 1.29 is 14.3 Å². The van der Waals surface area contributed by atoms with Gasteiger partial charge in [-0.1, -0.05) is 48.0 Å². The summed E-state index contributed by atoms with van der Waals surface area (Å²) in [6.45, 7) is 2.06. The highest BCUT2D eigenvalue weighted by molar-refractivity contribution is 6.30. The second-order valence-electron chi connectivity index (χ2n) is 10.1. The summed E-state index contributed by atoms with van der Waals surface area (Å²) in [5, 5.41) is 4.79. The standard InChI is InChI=1S/C29H35ClN4O3/c1-32(19-23-8-4-3-5-9-23)28(36)17-29(22-37-26-11-6-10-25(30)16-26)14-7-15-34(21-29)27(35)13-12-24-18-31-33(2)20-24/h3-6,8-11,16,18,20H,7,12-15,17,19,21-22H2,1-2H3. The minimum Gasteiger partial charge on any atom is -0.493 e. The molecule has 2 aromatic carbocycles. The van der Waals surface area contributed by atoms with Crippen molar-refractivity contribution >= 4 is 23.4 Å². The quantitative estimate of drug-likeness (QED) is 0.385. The lowest BCUT2D eigenvalue weighted by molar-refractivity contribution is -0.141. The Hall–Kier alpha value is -3.32. The van der Waals surface area contributed by atoms with Crippen LogP contribution in [0.25, 0.3) is 0 Å². The van der Waals surface area contributed by atoms with Gasteiger partial charge in [0.05, 0.1) is 12.8 Å². The molecule has 1 aromatic heterocycles. The molecule has 0 aliphatic carbocycles. The van der Waals surface area contributed by atoms with Crippen LogP contribution in [0.15, 0.2) is 67.0 Å². The van der Waals surface area contributed by atoms with Gasteiger partial charge in [0.2, 0.25) is 11.8 Å². The Kier molecular flexibility index (Phi) is 8.87. The van der Waals surface area contributed by atoms with Crippen molar-refractivity contribution in [3.05, 3.63) is 83.1 Å². The summed E-state index contributed by atoms with van der Waals surface area (Å²) >= 11 is 6.16. The lowest BCUT2D eigenvalue weighted by Crippen LogP contribution is -2.50. The zero-order chi connectivity index (χ0) is 26.3. The van der Waals surface area contributed by atoms with Gasteiger partial charge < -0.3 is 14.5 Å². The van der Waals surface area contributed by atoms with Gasteiger partial charge >= 0.3 is 0 Å². The summed E-state index contributed by atoms with van der Waals surface area (Å²) in [4.78, 5) is 30.3. The Morgan fingerprint density at radius 1 is 1.14 bits per heavy atom. The number of nitrogens with zero attached hydrogens (tertiary/aromatic N) is 4. The molecular weight excluding hydrogens is 488 g/mol. The van der Waals surface area contributed by atoms with Crippen molar-refractivity contribution in [3.8, 4) is 5.75 Å². The predicted molar refractivity (Wildman–Crippen MR) is 144 cm³/mol. The number of hydrogen-bond acceptors (Lipinski definition) is 4.